The van der Waals surface area contributed by atoms with Crippen LogP contribution >= 0.6 is 0 Å². The Morgan fingerprint density at radius 1 is 1.07 bits per heavy atom. The van der Waals surface area contributed by atoms with Crippen LogP contribution in [0, 0.1) is 17.5 Å². The van der Waals surface area contributed by atoms with Gasteiger partial charge in [-0.25, -0.2) is 18.0 Å². The lowest BCUT2D eigenvalue weighted by Gasteiger charge is -2.21. The molecule has 0 spiro atoms. The molecule has 0 aliphatic heterocycles. The fourth-order valence-corrected chi connectivity index (χ4v) is 2.26. The van der Waals surface area contributed by atoms with Crippen LogP contribution in [0.1, 0.15) is 17.3 Å². The Morgan fingerprint density at radius 3 is 2.41 bits per heavy atom. The minimum atomic E-state index is -1.72. The van der Waals surface area contributed by atoms with Crippen LogP contribution in [0.4, 0.5) is 24.5 Å². The molecule has 2 aromatic carbocycles. The second-order valence-corrected chi connectivity index (χ2v) is 5.42. The number of methoxy groups -OCH3 is 1. The summed E-state index contributed by atoms with van der Waals surface area (Å²) in [4.78, 5) is 36.7. The van der Waals surface area contributed by atoms with E-state index in [0.29, 0.717) is 6.07 Å². The molecule has 0 aliphatic carbocycles. The fraction of sp³-hybridized carbons (Fsp3) is 0.167. The van der Waals surface area contributed by atoms with Crippen molar-refractivity contribution in [1.29, 1.82) is 0 Å². The van der Waals surface area contributed by atoms with Crippen LogP contribution in [0.3, 0.4) is 0 Å². The Bertz CT molecular complexity index is 902. The molecule has 6 nitrogen and oxygen atoms in total. The molecule has 2 aromatic rings. The maximum Gasteiger partial charge on any atom is 0.337 e. The summed E-state index contributed by atoms with van der Waals surface area (Å²) in [6, 6.07) is 7.31. The maximum atomic E-state index is 13.7. The zero-order valence-electron chi connectivity index (χ0n) is 14.4. The van der Waals surface area contributed by atoms with E-state index in [1.807, 2.05) is 0 Å². The summed E-state index contributed by atoms with van der Waals surface area (Å²) >= 11 is 0. The van der Waals surface area contributed by atoms with Crippen LogP contribution < -0.4 is 10.2 Å². The SMILES string of the molecule is COC(=O)c1cccc(N(CC(=O)Nc2ccc(F)c(F)c2F)C(C)=O)c1. The number of carbonyl (C=O) groups is 3. The van der Waals surface area contributed by atoms with E-state index >= 15 is 0 Å². The Hall–Kier alpha value is -3.36. The van der Waals surface area contributed by atoms with Gasteiger partial charge in [-0.2, -0.15) is 0 Å². The van der Waals surface area contributed by atoms with Crippen molar-refractivity contribution in [3.63, 3.8) is 0 Å². The van der Waals surface area contributed by atoms with Crippen molar-refractivity contribution < 1.29 is 32.3 Å². The Balaban J connectivity index is 2.22. The highest BCUT2D eigenvalue weighted by Gasteiger charge is 2.20. The van der Waals surface area contributed by atoms with E-state index in [9.17, 15) is 27.6 Å². The molecule has 0 bridgehead atoms. The number of anilines is 2. The fourth-order valence-electron chi connectivity index (χ4n) is 2.26. The monoisotopic (exact) mass is 380 g/mol. The number of rotatable bonds is 5. The molecule has 0 saturated heterocycles. The minimum Gasteiger partial charge on any atom is -0.465 e. The number of amides is 2. The van der Waals surface area contributed by atoms with Crippen LogP contribution in [-0.2, 0) is 14.3 Å². The molecule has 142 valence electrons. The van der Waals surface area contributed by atoms with Crippen LogP contribution in [0.2, 0.25) is 0 Å². The van der Waals surface area contributed by atoms with Gasteiger partial charge < -0.3 is 15.0 Å². The van der Waals surface area contributed by atoms with E-state index in [2.05, 4.69) is 10.1 Å². The third-order valence-corrected chi connectivity index (χ3v) is 3.57. The summed E-state index contributed by atoms with van der Waals surface area (Å²) in [5, 5.41) is 2.08. The van der Waals surface area contributed by atoms with E-state index in [1.54, 1.807) is 0 Å². The van der Waals surface area contributed by atoms with Crippen molar-refractivity contribution in [2.75, 3.05) is 23.9 Å². The molecule has 0 unspecified atom stereocenters. The van der Waals surface area contributed by atoms with E-state index in [1.165, 1.54) is 38.3 Å². The van der Waals surface area contributed by atoms with Crippen LogP contribution in [0.5, 0.6) is 0 Å². The number of nitrogens with zero attached hydrogens (tertiary/aromatic N) is 1. The maximum absolute atomic E-state index is 13.7. The Labute approximate surface area is 152 Å². The first kappa shape index (κ1) is 20.0. The molecule has 0 radical (unpaired) electrons. The van der Waals surface area contributed by atoms with E-state index in [0.717, 1.165) is 11.0 Å². The number of carbonyl (C=O) groups excluding carboxylic acids is 3. The van der Waals surface area contributed by atoms with Crippen molar-refractivity contribution in [3.05, 3.63) is 59.4 Å². The lowest BCUT2D eigenvalue weighted by molar-refractivity contribution is -0.120. The highest BCUT2D eigenvalue weighted by atomic mass is 19.2. The molecule has 0 heterocycles. The smallest absolute Gasteiger partial charge is 0.337 e. The number of benzene rings is 2. The summed E-state index contributed by atoms with van der Waals surface area (Å²) in [5.41, 5.74) is -0.176. The summed E-state index contributed by atoms with van der Waals surface area (Å²) < 4.78 is 44.4. The van der Waals surface area contributed by atoms with Gasteiger partial charge in [0.2, 0.25) is 11.8 Å². The Morgan fingerprint density at radius 2 is 1.78 bits per heavy atom. The predicted molar refractivity (Wildman–Crippen MR) is 90.8 cm³/mol. The van der Waals surface area contributed by atoms with Gasteiger partial charge >= 0.3 is 5.97 Å². The van der Waals surface area contributed by atoms with Gasteiger partial charge in [0, 0.05) is 12.6 Å². The number of hydrogen-bond acceptors (Lipinski definition) is 4. The number of halogens is 3. The zero-order valence-corrected chi connectivity index (χ0v) is 14.4. The topological polar surface area (TPSA) is 75.7 Å². The second-order valence-electron chi connectivity index (χ2n) is 5.42. The third-order valence-electron chi connectivity index (χ3n) is 3.57. The van der Waals surface area contributed by atoms with E-state index in [-0.39, 0.29) is 11.3 Å². The number of esters is 1. The lowest BCUT2D eigenvalue weighted by Crippen LogP contribution is -2.37. The number of ether oxygens (including phenoxy) is 1. The van der Waals surface area contributed by atoms with E-state index in [4.69, 9.17) is 0 Å². The molecule has 9 heteroatoms. The van der Waals surface area contributed by atoms with Gasteiger partial charge in [-0.15, -0.1) is 0 Å². The standard InChI is InChI=1S/C18H15F3N2O4/c1-10(24)23(12-5-3-4-11(8-12)18(26)27-2)9-15(25)22-14-7-6-13(19)16(20)17(14)21/h3-8H,9H2,1-2H3,(H,22,25). The van der Waals surface area contributed by atoms with Crippen LogP contribution in [0.15, 0.2) is 36.4 Å². The van der Waals surface area contributed by atoms with Gasteiger partial charge in [-0.3, -0.25) is 9.59 Å². The summed E-state index contributed by atoms with van der Waals surface area (Å²) in [6.45, 7) is 0.647. The highest BCUT2D eigenvalue weighted by Crippen LogP contribution is 2.21. The summed E-state index contributed by atoms with van der Waals surface area (Å²) in [6.07, 6.45) is 0. The second kappa shape index (κ2) is 8.35. The zero-order chi connectivity index (χ0) is 20.1. The summed E-state index contributed by atoms with van der Waals surface area (Å²) in [7, 11) is 1.20. The number of hydrogen-bond donors (Lipinski definition) is 1. The van der Waals surface area contributed by atoms with Crippen molar-refractivity contribution in [2.24, 2.45) is 0 Å². The van der Waals surface area contributed by atoms with Crippen LogP contribution in [-0.4, -0.2) is 31.4 Å². The molecule has 27 heavy (non-hydrogen) atoms. The first-order valence-corrected chi connectivity index (χ1v) is 7.64. The van der Waals surface area contributed by atoms with E-state index < -0.39 is 47.5 Å². The van der Waals surface area contributed by atoms with Crippen molar-refractivity contribution in [3.8, 4) is 0 Å². The van der Waals surface area contributed by atoms with Gasteiger partial charge in [0.25, 0.3) is 0 Å². The molecular formula is C18H15F3N2O4. The molecule has 0 aliphatic rings. The average molecular weight is 380 g/mol. The molecule has 0 atom stereocenters. The van der Waals surface area contributed by atoms with Crippen molar-refractivity contribution in [2.45, 2.75) is 6.92 Å². The number of nitrogens with one attached hydrogen (secondary N) is 1. The third kappa shape index (κ3) is 4.63. The molecule has 2 amide bonds. The van der Waals surface area contributed by atoms with Crippen molar-refractivity contribution >= 4 is 29.2 Å². The van der Waals surface area contributed by atoms with Crippen LogP contribution in [0.25, 0.3) is 0 Å². The molecule has 0 aromatic heterocycles. The van der Waals surface area contributed by atoms with Gasteiger partial charge in [-0.1, -0.05) is 6.07 Å². The van der Waals surface area contributed by atoms with Gasteiger partial charge in [-0.05, 0) is 30.3 Å². The first-order chi connectivity index (χ1) is 12.7. The molecular weight excluding hydrogens is 365 g/mol. The molecule has 0 fully saturated rings. The molecule has 2 rings (SSSR count). The predicted octanol–water partition coefficient (Wildman–Crippen LogP) is 2.88. The largest absolute Gasteiger partial charge is 0.465 e. The average Bonchev–Trinajstić information content (AvgIpc) is 2.65. The molecule has 0 saturated carbocycles. The Kier molecular flexibility index (Phi) is 6.17. The summed E-state index contributed by atoms with van der Waals surface area (Å²) in [5.74, 6) is -6.67. The lowest BCUT2D eigenvalue weighted by atomic mass is 10.2. The van der Waals surface area contributed by atoms with Gasteiger partial charge in [0.05, 0.1) is 18.4 Å². The highest BCUT2D eigenvalue weighted by molar-refractivity contribution is 6.02. The van der Waals surface area contributed by atoms with Crippen molar-refractivity contribution in [1.82, 2.24) is 0 Å². The first-order valence-electron chi connectivity index (χ1n) is 7.64. The quantitative estimate of drug-likeness (QED) is 0.639. The normalized spacial score (nSPS) is 10.3. The van der Waals surface area contributed by atoms with Gasteiger partial charge in [0.1, 0.15) is 6.54 Å². The minimum absolute atomic E-state index is 0.160. The van der Waals surface area contributed by atoms with Gasteiger partial charge in [0.15, 0.2) is 17.5 Å². The molecule has 1 N–H and O–H groups in total.